The highest BCUT2D eigenvalue weighted by molar-refractivity contribution is 5.27. The van der Waals surface area contributed by atoms with Crippen molar-refractivity contribution in [2.45, 2.75) is 38.8 Å². The van der Waals surface area contributed by atoms with Gasteiger partial charge in [-0.1, -0.05) is 32.9 Å². The quantitative estimate of drug-likeness (QED) is 0.858. The fourth-order valence-corrected chi connectivity index (χ4v) is 2.81. The first kappa shape index (κ1) is 17.0. The zero-order chi connectivity index (χ0) is 17.2. The second kappa shape index (κ2) is 6.95. The normalized spacial score (nSPS) is 19.4. The molecular formula is C19H26N2O3. The topological polar surface area (TPSA) is 47.7 Å². The van der Waals surface area contributed by atoms with Gasteiger partial charge in [0.05, 0.1) is 26.0 Å². The summed E-state index contributed by atoms with van der Waals surface area (Å²) in [5.74, 6) is 1.62. The minimum atomic E-state index is -0.0158. The Kier molecular flexibility index (Phi) is 4.92. The molecule has 1 atom stereocenters. The van der Waals surface area contributed by atoms with Crippen LogP contribution in [0.3, 0.4) is 0 Å². The maximum Gasteiger partial charge on any atom is 0.214 e. The van der Waals surface area contributed by atoms with E-state index in [-0.39, 0.29) is 11.5 Å². The zero-order valence-electron chi connectivity index (χ0n) is 14.9. The lowest BCUT2D eigenvalue weighted by molar-refractivity contribution is -0.0223. The molecule has 0 amide bonds. The third kappa shape index (κ3) is 3.79. The summed E-state index contributed by atoms with van der Waals surface area (Å²) in [5, 5.41) is 0. The van der Waals surface area contributed by atoms with Gasteiger partial charge in [-0.2, -0.15) is 0 Å². The standard InChI is InChI=1S/C19H26N2O3/c1-19(2,3)17-13-24-18(20-17)16-12-23-10-9-21(16)11-14-5-7-15(22-4)8-6-14/h5-8,13,16H,9-12H2,1-4H3. The van der Waals surface area contributed by atoms with Crippen molar-refractivity contribution >= 4 is 0 Å². The zero-order valence-corrected chi connectivity index (χ0v) is 14.9. The highest BCUT2D eigenvalue weighted by Gasteiger charge is 2.30. The summed E-state index contributed by atoms with van der Waals surface area (Å²) in [7, 11) is 1.68. The molecule has 1 unspecified atom stereocenters. The molecule has 1 aliphatic rings. The first-order chi connectivity index (χ1) is 11.5. The highest BCUT2D eigenvalue weighted by Crippen LogP contribution is 2.29. The van der Waals surface area contributed by atoms with E-state index in [1.165, 1.54) is 5.56 Å². The number of methoxy groups -OCH3 is 1. The summed E-state index contributed by atoms with van der Waals surface area (Å²) in [6.07, 6.45) is 1.77. The fraction of sp³-hybridized carbons (Fsp3) is 0.526. The van der Waals surface area contributed by atoms with Crippen LogP contribution < -0.4 is 4.74 Å². The van der Waals surface area contributed by atoms with Gasteiger partial charge in [-0.3, -0.25) is 4.90 Å². The molecule has 0 saturated carbocycles. The summed E-state index contributed by atoms with van der Waals surface area (Å²) in [5.41, 5.74) is 2.20. The average Bonchev–Trinajstić information content (AvgIpc) is 3.06. The summed E-state index contributed by atoms with van der Waals surface area (Å²) >= 11 is 0. The van der Waals surface area contributed by atoms with E-state index in [9.17, 15) is 0 Å². The van der Waals surface area contributed by atoms with Crippen LogP contribution in [0.15, 0.2) is 34.9 Å². The maximum absolute atomic E-state index is 5.78. The third-order valence-corrected chi connectivity index (χ3v) is 4.36. The minimum absolute atomic E-state index is 0.0158. The van der Waals surface area contributed by atoms with Crippen LogP contribution in [0.5, 0.6) is 5.75 Å². The number of benzene rings is 1. The Morgan fingerprint density at radius 3 is 2.62 bits per heavy atom. The summed E-state index contributed by atoms with van der Waals surface area (Å²) in [4.78, 5) is 7.08. The van der Waals surface area contributed by atoms with Crippen LogP contribution in [0, 0.1) is 0 Å². The van der Waals surface area contributed by atoms with Crippen molar-refractivity contribution in [2.24, 2.45) is 0 Å². The van der Waals surface area contributed by atoms with Gasteiger partial charge >= 0.3 is 0 Å². The van der Waals surface area contributed by atoms with Crippen molar-refractivity contribution in [3.63, 3.8) is 0 Å². The van der Waals surface area contributed by atoms with Gasteiger partial charge in [-0.05, 0) is 17.7 Å². The SMILES string of the molecule is COc1ccc(CN2CCOCC2c2nc(C(C)(C)C)co2)cc1. The van der Waals surface area contributed by atoms with Gasteiger partial charge in [0.1, 0.15) is 18.1 Å². The maximum atomic E-state index is 5.78. The Bertz CT molecular complexity index is 658. The molecule has 0 N–H and O–H groups in total. The fourth-order valence-electron chi connectivity index (χ4n) is 2.81. The molecule has 1 aliphatic heterocycles. The predicted octanol–water partition coefficient (Wildman–Crippen LogP) is 3.55. The molecule has 2 aromatic rings. The predicted molar refractivity (Wildman–Crippen MR) is 92.2 cm³/mol. The molecule has 24 heavy (non-hydrogen) atoms. The van der Waals surface area contributed by atoms with E-state index < -0.39 is 0 Å². The van der Waals surface area contributed by atoms with E-state index in [4.69, 9.17) is 18.9 Å². The molecule has 0 bridgehead atoms. The second-order valence-corrected chi connectivity index (χ2v) is 7.23. The highest BCUT2D eigenvalue weighted by atomic mass is 16.5. The Morgan fingerprint density at radius 1 is 1.25 bits per heavy atom. The van der Waals surface area contributed by atoms with E-state index in [0.717, 1.165) is 37.0 Å². The average molecular weight is 330 g/mol. The van der Waals surface area contributed by atoms with Crippen molar-refractivity contribution in [1.82, 2.24) is 9.88 Å². The Balaban J connectivity index is 1.76. The number of morpholine rings is 1. The summed E-state index contributed by atoms with van der Waals surface area (Å²) in [6, 6.07) is 8.24. The number of ether oxygens (including phenoxy) is 2. The first-order valence-corrected chi connectivity index (χ1v) is 8.38. The summed E-state index contributed by atoms with van der Waals surface area (Å²) < 4.78 is 16.7. The molecule has 0 radical (unpaired) electrons. The van der Waals surface area contributed by atoms with Gasteiger partial charge < -0.3 is 13.9 Å². The Labute approximate surface area is 143 Å². The van der Waals surface area contributed by atoms with Crippen LogP contribution in [-0.4, -0.2) is 36.8 Å². The monoisotopic (exact) mass is 330 g/mol. The third-order valence-electron chi connectivity index (χ3n) is 4.36. The lowest BCUT2D eigenvalue weighted by Crippen LogP contribution is -2.39. The second-order valence-electron chi connectivity index (χ2n) is 7.23. The number of rotatable bonds is 4. The van der Waals surface area contributed by atoms with Crippen molar-refractivity contribution in [2.75, 3.05) is 26.9 Å². The Morgan fingerprint density at radius 2 is 2.00 bits per heavy atom. The molecule has 1 aromatic carbocycles. The van der Waals surface area contributed by atoms with Gasteiger partial charge in [-0.25, -0.2) is 4.98 Å². The molecule has 130 valence electrons. The van der Waals surface area contributed by atoms with E-state index >= 15 is 0 Å². The van der Waals surface area contributed by atoms with E-state index in [1.807, 2.05) is 12.1 Å². The van der Waals surface area contributed by atoms with Gasteiger partial charge in [-0.15, -0.1) is 0 Å². The van der Waals surface area contributed by atoms with Crippen LogP contribution in [0.2, 0.25) is 0 Å². The smallest absolute Gasteiger partial charge is 0.214 e. The number of oxazole rings is 1. The van der Waals surface area contributed by atoms with E-state index in [0.29, 0.717) is 6.61 Å². The van der Waals surface area contributed by atoms with Crippen molar-refractivity contribution in [3.8, 4) is 5.75 Å². The molecule has 2 heterocycles. The molecule has 3 rings (SSSR count). The van der Waals surface area contributed by atoms with Crippen molar-refractivity contribution < 1.29 is 13.9 Å². The largest absolute Gasteiger partial charge is 0.497 e. The lowest BCUT2D eigenvalue weighted by atomic mass is 9.93. The molecule has 5 heteroatoms. The lowest BCUT2D eigenvalue weighted by Gasteiger charge is -2.33. The number of nitrogens with zero attached hydrogens (tertiary/aromatic N) is 2. The Hall–Kier alpha value is -1.85. The van der Waals surface area contributed by atoms with Crippen LogP contribution >= 0.6 is 0 Å². The molecular weight excluding hydrogens is 304 g/mol. The van der Waals surface area contributed by atoms with Crippen molar-refractivity contribution in [1.29, 1.82) is 0 Å². The number of hydrogen-bond acceptors (Lipinski definition) is 5. The van der Waals surface area contributed by atoms with Crippen LogP contribution in [-0.2, 0) is 16.7 Å². The van der Waals surface area contributed by atoms with Crippen LogP contribution in [0.1, 0.15) is 44.0 Å². The molecule has 0 spiro atoms. The van der Waals surface area contributed by atoms with Gasteiger partial charge in [0.2, 0.25) is 5.89 Å². The van der Waals surface area contributed by atoms with Crippen LogP contribution in [0.4, 0.5) is 0 Å². The van der Waals surface area contributed by atoms with Gasteiger partial charge in [0.25, 0.3) is 0 Å². The van der Waals surface area contributed by atoms with Gasteiger partial charge in [0.15, 0.2) is 0 Å². The first-order valence-electron chi connectivity index (χ1n) is 8.38. The van der Waals surface area contributed by atoms with E-state index in [1.54, 1.807) is 13.4 Å². The van der Waals surface area contributed by atoms with Crippen molar-refractivity contribution in [3.05, 3.63) is 47.7 Å². The molecule has 5 nitrogen and oxygen atoms in total. The van der Waals surface area contributed by atoms with E-state index in [2.05, 4.69) is 37.8 Å². The van der Waals surface area contributed by atoms with Gasteiger partial charge in [0, 0.05) is 18.5 Å². The number of aromatic nitrogens is 1. The molecule has 0 aliphatic carbocycles. The van der Waals surface area contributed by atoms with Crippen LogP contribution in [0.25, 0.3) is 0 Å². The minimum Gasteiger partial charge on any atom is -0.497 e. The molecule has 1 aromatic heterocycles. The number of hydrogen-bond donors (Lipinski definition) is 0. The summed E-state index contributed by atoms with van der Waals surface area (Å²) in [6.45, 7) is 9.47. The molecule has 1 saturated heterocycles. The molecule has 1 fully saturated rings.